The molecule has 1 unspecified atom stereocenters. The van der Waals surface area contributed by atoms with Gasteiger partial charge in [-0.3, -0.25) is 14.6 Å². The van der Waals surface area contributed by atoms with Gasteiger partial charge in [0.1, 0.15) is 23.7 Å². The van der Waals surface area contributed by atoms with Gasteiger partial charge in [-0.15, -0.1) is 0 Å². The zero-order valence-electron chi connectivity index (χ0n) is 20.5. The van der Waals surface area contributed by atoms with E-state index in [1.165, 1.54) is 30.6 Å². The molecule has 186 valence electrons. The number of rotatable bonds is 3. The van der Waals surface area contributed by atoms with Crippen LogP contribution in [0.15, 0.2) is 71.9 Å². The summed E-state index contributed by atoms with van der Waals surface area (Å²) in [5.41, 5.74) is 4.32. The zero-order chi connectivity index (χ0) is 25.9. The molecule has 0 saturated heterocycles. The Morgan fingerprint density at radius 2 is 1.62 bits per heavy atom. The fourth-order valence-corrected chi connectivity index (χ4v) is 5.01. The van der Waals surface area contributed by atoms with Gasteiger partial charge in [0.15, 0.2) is 11.3 Å². The predicted molar refractivity (Wildman–Crippen MR) is 137 cm³/mol. The summed E-state index contributed by atoms with van der Waals surface area (Å²) in [6.07, 6.45) is 3.20. The molecule has 0 aliphatic carbocycles. The number of pyridine rings is 1. The molecule has 5 aromatic rings. The van der Waals surface area contributed by atoms with E-state index in [0.29, 0.717) is 29.3 Å². The Morgan fingerprint density at radius 1 is 0.973 bits per heavy atom. The van der Waals surface area contributed by atoms with Gasteiger partial charge in [0.05, 0.1) is 29.5 Å². The molecule has 0 saturated carbocycles. The fourth-order valence-electron chi connectivity index (χ4n) is 5.01. The lowest BCUT2D eigenvalue weighted by Crippen LogP contribution is -2.34. The molecule has 1 aliphatic heterocycles. The second-order valence-electron chi connectivity index (χ2n) is 10.3. The number of nitrogens with one attached hydrogen (secondary N) is 1. The summed E-state index contributed by atoms with van der Waals surface area (Å²) in [6.45, 7) is 6.97. The lowest BCUT2D eigenvalue weighted by atomic mass is 9.84. The Bertz CT molecular complexity index is 1660. The van der Waals surface area contributed by atoms with Crippen molar-refractivity contribution in [1.82, 2.24) is 29.5 Å². The van der Waals surface area contributed by atoms with Gasteiger partial charge in [0.2, 0.25) is 0 Å². The SMILES string of the molecule is CC(C)(C)C1Cn2nc(-c3ccc(F)cc3)c(-c3ccc(F)cc3)c2-c2cc(=O)c(-c3ncn[nH]3)cn21. The normalized spacial score (nSPS) is 14.9. The monoisotopic (exact) mass is 498 g/mol. The number of nitrogens with zero attached hydrogens (tertiary/aromatic N) is 5. The summed E-state index contributed by atoms with van der Waals surface area (Å²) in [7, 11) is 0. The highest BCUT2D eigenvalue weighted by Gasteiger charge is 2.36. The summed E-state index contributed by atoms with van der Waals surface area (Å²) < 4.78 is 31.6. The summed E-state index contributed by atoms with van der Waals surface area (Å²) in [5, 5.41) is 11.7. The highest BCUT2D eigenvalue weighted by molar-refractivity contribution is 5.91. The number of aromatic amines is 1. The van der Waals surface area contributed by atoms with E-state index < -0.39 is 0 Å². The number of hydrogen-bond acceptors (Lipinski definition) is 4. The molecule has 4 heterocycles. The topological polar surface area (TPSA) is 81.4 Å². The van der Waals surface area contributed by atoms with E-state index in [0.717, 1.165) is 22.4 Å². The number of halogens is 2. The maximum absolute atomic E-state index is 13.9. The molecule has 0 spiro atoms. The van der Waals surface area contributed by atoms with Crippen LogP contribution in [0.25, 0.3) is 45.2 Å². The van der Waals surface area contributed by atoms with Crippen molar-refractivity contribution in [3.8, 4) is 45.2 Å². The van der Waals surface area contributed by atoms with E-state index in [1.807, 2.05) is 10.9 Å². The van der Waals surface area contributed by atoms with Crippen molar-refractivity contribution in [3.05, 3.63) is 89.0 Å². The van der Waals surface area contributed by atoms with Crippen LogP contribution in [0, 0.1) is 17.0 Å². The van der Waals surface area contributed by atoms with Crippen LogP contribution in [0.5, 0.6) is 0 Å². The van der Waals surface area contributed by atoms with E-state index in [-0.39, 0.29) is 28.5 Å². The molecule has 0 radical (unpaired) electrons. The van der Waals surface area contributed by atoms with Crippen molar-refractivity contribution >= 4 is 0 Å². The van der Waals surface area contributed by atoms with Crippen LogP contribution in [-0.4, -0.2) is 29.5 Å². The Labute approximate surface area is 211 Å². The third-order valence-corrected chi connectivity index (χ3v) is 6.88. The van der Waals surface area contributed by atoms with E-state index in [9.17, 15) is 13.6 Å². The quantitative estimate of drug-likeness (QED) is 0.346. The highest BCUT2D eigenvalue weighted by Crippen LogP contribution is 2.46. The van der Waals surface area contributed by atoms with Crippen molar-refractivity contribution in [2.24, 2.45) is 5.41 Å². The molecular formula is C28H24F2N6O. The first-order valence-corrected chi connectivity index (χ1v) is 12.0. The predicted octanol–water partition coefficient (Wildman–Crippen LogP) is 5.71. The first kappa shape index (κ1) is 23.0. The molecular weight excluding hydrogens is 474 g/mol. The standard InChI is InChI=1S/C28H24F2N6O/c1-28(2,3)23-14-36-26(21-12-22(37)20(13-35(21)23)27-31-15-32-33-27)24(16-4-8-18(29)9-5-16)25(34-36)17-6-10-19(30)11-7-17/h4-13,15,23H,14H2,1-3H3,(H,31,32,33). The number of H-pyrrole nitrogens is 1. The van der Waals surface area contributed by atoms with Crippen LogP contribution < -0.4 is 5.43 Å². The van der Waals surface area contributed by atoms with Crippen LogP contribution in [0.1, 0.15) is 26.8 Å². The molecule has 0 fully saturated rings. The van der Waals surface area contributed by atoms with Gasteiger partial charge in [0.25, 0.3) is 0 Å². The molecule has 1 aliphatic rings. The van der Waals surface area contributed by atoms with Crippen molar-refractivity contribution in [2.75, 3.05) is 0 Å². The lowest BCUT2D eigenvalue weighted by Gasteiger charge is -2.38. The Morgan fingerprint density at radius 3 is 2.22 bits per heavy atom. The smallest absolute Gasteiger partial charge is 0.193 e. The average molecular weight is 499 g/mol. The van der Waals surface area contributed by atoms with Crippen molar-refractivity contribution in [3.63, 3.8) is 0 Å². The molecule has 9 heteroatoms. The van der Waals surface area contributed by atoms with Gasteiger partial charge >= 0.3 is 0 Å². The molecule has 6 rings (SSSR count). The van der Waals surface area contributed by atoms with Gasteiger partial charge in [0, 0.05) is 23.4 Å². The maximum atomic E-state index is 13.9. The number of hydrogen-bond donors (Lipinski definition) is 1. The summed E-state index contributed by atoms with van der Waals surface area (Å²) in [5.74, 6) is -0.298. The highest BCUT2D eigenvalue weighted by atomic mass is 19.1. The minimum Gasteiger partial charge on any atom is -0.340 e. The molecule has 1 N–H and O–H groups in total. The fraction of sp³-hybridized carbons (Fsp3) is 0.214. The molecule has 1 atom stereocenters. The first-order valence-electron chi connectivity index (χ1n) is 12.0. The van der Waals surface area contributed by atoms with Gasteiger partial charge in [-0.05, 0) is 47.4 Å². The van der Waals surface area contributed by atoms with Crippen LogP contribution >= 0.6 is 0 Å². The Balaban J connectivity index is 1.67. The van der Waals surface area contributed by atoms with Crippen LogP contribution in [-0.2, 0) is 6.54 Å². The van der Waals surface area contributed by atoms with E-state index >= 15 is 0 Å². The molecule has 3 aromatic heterocycles. The van der Waals surface area contributed by atoms with Gasteiger partial charge in [-0.25, -0.2) is 13.8 Å². The second-order valence-corrected chi connectivity index (χ2v) is 10.3. The minimum absolute atomic E-state index is 0.0423. The van der Waals surface area contributed by atoms with Gasteiger partial charge in [-0.2, -0.15) is 10.2 Å². The largest absolute Gasteiger partial charge is 0.340 e. The van der Waals surface area contributed by atoms with Gasteiger partial charge in [-0.1, -0.05) is 32.9 Å². The Hall–Kier alpha value is -4.40. The van der Waals surface area contributed by atoms with Crippen LogP contribution in [0.2, 0.25) is 0 Å². The summed E-state index contributed by atoms with van der Waals surface area (Å²) >= 11 is 0. The molecule has 0 bridgehead atoms. The third kappa shape index (κ3) is 3.87. The van der Waals surface area contributed by atoms with E-state index in [2.05, 4.69) is 40.5 Å². The Kier molecular flexibility index (Phi) is 5.18. The van der Waals surface area contributed by atoms with Crippen molar-refractivity contribution in [1.29, 1.82) is 0 Å². The van der Waals surface area contributed by atoms with Crippen molar-refractivity contribution < 1.29 is 8.78 Å². The molecule has 37 heavy (non-hydrogen) atoms. The number of benzene rings is 2. The van der Waals surface area contributed by atoms with Crippen molar-refractivity contribution in [2.45, 2.75) is 33.4 Å². The minimum atomic E-state index is -0.353. The maximum Gasteiger partial charge on any atom is 0.193 e. The summed E-state index contributed by atoms with van der Waals surface area (Å²) in [6, 6.07) is 13.9. The molecule has 2 aromatic carbocycles. The number of fused-ring (bicyclic) bond motifs is 3. The molecule has 0 amide bonds. The zero-order valence-corrected chi connectivity index (χ0v) is 20.5. The summed E-state index contributed by atoms with van der Waals surface area (Å²) in [4.78, 5) is 17.5. The number of aromatic nitrogens is 6. The van der Waals surface area contributed by atoms with Crippen LogP contribution in [0.4, 0.5) is 8.78 Å². The van der Waals surface area contributed by atoms with Crippen LogP contribution in [0.3, 0.4) is 0 Å². The average Bonchev–Trinajstić information content (AvgIpc) is 3.52. The van der Waals surface area contributed by atoms with E-state index in [4.69, 9.17) is 5.10 Å². The van der Waals surface area contributed by atoms with Gasteiger partial charge < -0.3 is 4.57 Å². The second kappa shape index (κ2) is 8.33. The third-order valence-electron chi connectivity index (χ3n) is 6.88. The van der Waals surface area contributed by atoms with E-state index in [1.54, 1.807) is 30.3 Å². The lowest BCUT2D eigenvalue weighted by molar-refractivity contribution is 0.202. The first-order chi connectivity index (χ1) is 17.7. The molecule has 7 nitrogen and oxygen atoms in total.